The largest absolute Gasteiger partial charge is 0.417 e. The highest BCUT2D eigenvalue weighted by atomic mass is 16.6. The molecular weight excluding hydrogens is 260 g/mol. The van der Waals surface area contributed by atoms with Gasteiger partial charge >= 0.3 is 0 Å². The summed E-state index contributed by atoms with van der Waals surface area (Å²) in [5.74, 6) is 0. The normalized spacial score (nSPS) is 10.4. The predicted molar refractivity (Wildman–Crippen MR) is 87.5 cm³/mol. The van der Waals surface area contributed by atoms with Crippen molar-refractivity contribution in [2.75, 3.05) is 7.11 Å². The Labute approximate surface area is 123 Å². The van der Waals surface area contributed by atoms with E-state index in [4.69, 9.17) is 4.84 Å². The maximum absolute atomic E-state index is 5.08. The topological polar surface area (TPSA) is 29.9 Å². The maximum Gasteiger partial charge on any atom is 0.104 e. The van der Waals surface area contributed by atoms with Crippen LogP contribution in [0.2, 0.25) is 0 Å². The Morgan fingerprint density at radius 3 is 2.67 bits per heavy atom. The molecule has 0 atom stereocenters. The van der Waals surface area contributed by atoms with Crippen molar-refractivity contribution in [2.24, 2.45) is 0 Å². The molecule has 2 aromatic heterocycles. The van der Waals surface area contributed by atoms with Gasteiger partial charge < -0.3 is 9.82 Å². The molecule has 1 N–H and O–H groups in total. The van der Waals surface area contributed by atoms with Gasteiger partial charge in [0.2, 0.25) is 0 Å². The monoisotopic (exact) mass is 278 g/mol. The molecular formula is C18H18N2O. The molecule has 21 heavy (non-hydrogen) atoms. The zero-order valence-electron chi connectivity index (χ0n) is 12.2. The van der Waals surface area contributed by atoms with Crippen LogP contribution >= 0.6 is 0 Å². The van der Waals surface area contributed by atoms with E-state index in [9.17, 15) is 0 Å². The van der Waals surface area contributed by atoms with E-state index < -0.39 is 0 Å². The molecule has 2 aromatic carbocycles. The maximum atomic E-state index is 5.08. The minimum atomic E-state index is 1.11. The lowest BCUT2D eigenvalue weighted by Gasteiger charge is -2.00. The number of aromatic nitrogens is 2. The second kappa shape index (κ2) is 5.75. The van der Waals surface area contributed by atoms with Gasteiger partial charge in [-0.05, 0) is 42.6 Å². The van der Waals surface area contributed by atoms with E-state index in [0.717, 1.165) is 5.52 Å². The molecule has 0 aliphatic rings. The summed E-state index contributed by atoms with van der Waals surface area (Å²) in [6.07, 6.45) is 3.87. The van der Waals surface area contributed by atoms with Gasteiger partial charge in [0, 0.05) is 23.3 Å². The fourth-order valence-electron chi connectivity index (χ4n) is 2.39. The Balaban J connectivity index is 0.000000126. The summed E-state index contributed by atoms with van der Waals surface area (Å²) in [5.41, 5.74) is 3.63. The lowest BCUT2D eigenvalue weighted by molar-refractivity contribution is 0.179. The number of hydrogen-bond acceptors (Lipinski definition) is 1. The summed E-state index contributed by atoms with van der Waals surface area (Å²) < 4.78 is 1.75. The van der Waals surface area contributed by atoms with Crippen LogP contribution in [0.1, 0.15) is 5.56 Å². The van der Waals surface area contributed by atoms with Gasteiger partial charge in [0.05, 0.1) is 5.52 Å². The molecule has 0 unspecified atom stereocenters. The first-order valence-corrected chi connectivity index (χ1v) is 6.92. The number of benzene rings is 2. The van der Waals surface area contributed by atoms with Crippen LogP contribution in [0.25, 0.3) is 21.8 Å². The van der Waals surface area contributed by atoms with Crippen molar-refractivity contribution in [3.05, 3.63) is 72.6 Å². The van der Waals surface area contributed by atoms with Gasteiger partial charge in [-0.25, -0.2) is 0 Å². The summed E-state index contributed by atoms with van der Waals surface area (Å²) in [7, 11) is 1.66. The second-order valence-corrected chi connectivity index (χ2v) is 4.95. The first-order valence-electron chi connectivity index (χ1n) is 6.92. The molecule has 0 radical (unpaired) electrons. The number of H-pyrrole nitrogens is 1. The Morgan fingerprint density at radius 1 is 0.952 bits per heavy atom. The molecule has 0 amide bonds. The van der Waals surface area contributed by atoms with E-state index in [1.54, 1.807) is 11.8 Å². The second-order valence-electron chi connectivity index (χ2n) is 4.95. The molecule has 0 spiro atoms. The fraction of sp³-hybridized carbons (Fsp3) is 0.111. The van der Waals surface area contributed by atoms with Crippen molar-refractivity contribution in [1.82, 2.24) is 9.71 Å². The fourth-order valence-corrected chi connectivity index (χ4v) is 2.39. The third-order valence-electron chi connectivity index (χ3n) is 3.47. The minimum absolute atomic E-state index is 1.11. The van der Waals surface area contributed by atoms with Crippen molar-refractivity contribution in [1.29, 1.82) is 0 Å². The van der Waals surface area contributed by atoms with Crippen LogP contribution in [0.5, 0.6) is 0 Å². The van der Waals surface area contributed by atoms with Crippen molar-refractivity contribution >= 4 is 21.8 Å². The Kier molecular flexibility index (Phi) is 3.65. The summed E-state index contributed by atoms with van der Waals surface area (Å²) in [5, 5.41) is 2.49. The molecule has 4 rings (SSSR count). The van der Waals surface area contributed by atoms with Gasteiger partial charge in [-0.2, -0.15) is 4.73 Å². The summed E-state index contributed by atoms with van der Waals surface area (Å²) in [4.78, 5) is 8.23. The van der Waals surface area contributed by atoms with Gasteiger partial charge in [-0.1, -0.05) is 29.8 Å². The number of fused-ring (bicyclic) bond motifs is 2. The number of nitrogens with one attached hydrogen (secondary N) is 1. The molecule has 3 nitrogen and oxygen atoms in total. The Hall–Kier alpha value is -2.68. The minimum Gasteiger partial charge on any atom is -0.417 e. The van der Waals surface area contributed by atoms with E-state index in [0.29, 0.717) is 0 Å². The van der Waals surface area contributed by atoms with E-state index in [1.807, 2.05) is 36.7 Å². The van der Waals surface area contributed by atoms with Crippen molar-refractivity contribution < 1.29 is 4.84 Å². The first kappa shape index (κ1) is 13.3. The van der Waals surface area contributed by atoms with Gasteiger partial charge in [-0.3, -0.25) is 0 Å². The zero-order chi connectivity index (χ0) is 14.7. The highest BCUT2D eigenvalue weighted by molar-refractivity contribution is 5.80. The molecule has 0 fully saturated rings. The van der Waals surface area contributed by atoms with Crippen LogP contribution in [0, 0.1) is 6.92 Å². The lowest BCUT2D eigenvalue weighted by Crippen LogP contribution is -2.02. The van der Waals surface area contributed by atoms with Crippen molar-refractivity contribution in [3.63, 3.8) is 0 Å². The Bertz CT molecular complexity index is 858. The van der Waals surface area contributed by atoms with Crippen molar-refractivity contribution in [3.8, 4) is 0 Å². The smallest absolute Gasteiger partial charge is 0.104 e. The number of hydrogen-bond donors (Lipinski definition) is 1. The highest BCUT2D eigenvalue weighted by Crippen LogP contribution is 2.13. The average Bonchev–Trinajstić information content (AvgIpc) is 3.13. The number of rotatable bonds is 1. The van der Waals surface area contributed by atoms with Gasteiger partial charge in [0.25, 0.3) is 0 Å². The van der Waals surface area contributed by atoms with Crippen LogP contribution in [0.4, 0.5) is 0 Å². The third-order valence-corrected chi connectivity index (χ3v) is 3.47. The van der Waals surface area contributed by atoms with E-state index in [2.05, 4.69) is 42.2 Å². The predicted octanol–water partition coefficient (Wildman–Crippen LogP) is 4.18. The molecule has 0 saturated carbocycles. The quantitative estimate of drug-likeness (QED) is 0.556. The number of aryl methyl sites for hydroxylation is 1. The van der Waals surface area contributed by atoms with Crippen LogP contribution in [0.3, 0.4) is 0 Å². The highest BCUT2D eigenvalue weighted by Gasteiger charge is 1.96. The third kappa shape index (κ3) is 2.77. The standard InChI is InChI=1S/C9H9NO.C9H9N/c1-11-10-7-6-8-4-2-3-5-9(8)10;1-7-2-3-9-8(6-7)4-5-10-9/h2-7H,1H3;2-6,10H,1H3. The molecule has 0 aliphatic heterocycles. The molecule has 0 aliphatic carbocycles. The lowest BCUT2D eigenvalue weighted by atomic mass is 10.2. The number of nitrogens with zero attached hydrogens (tertiary/aromatic N) is 1. The Morgan fingerprint density at radius 2 is 1.81 bits per heavy atom. The van der Waals surface area contributed by atoms with E-state index in [1.165, 1.54) is 21.9 Å². The summed E-state index contributed by atoms with van der Waals surface area (Å²) >= 11 is 0. The average molecular weight is 278 g/mol. The van der Waals surface area contributed by atoms with Crippen LogP contribution < -0.4 is 4.84 Å². The summed E-state index contributed by atoms with van der Waals surface area (Å²) in [6.45, 7) is 2.10. The molecule has 3 heteroatoms. The molecule has 106 valence electrons. The molecule has 0 bridgehead atoms. The van der Waals surface area contributed by atoms with Crippen LogP contribution in [-0.4, -0.2) is 16.8 Å². The molecule has 2 heterocycles. The van der Waals surface area contributed by atoms with Gasteiger partial charge in [-0.15, -0.1) is 0 Å². The SMILES string of the molecule is COn1ccc2ccccc21.Cc1ccc2[nH]ccc2c1. The van der Waals surface area contributed by atoms with Gasteiger partial charge in [0.15, 0.2) is 0 Å². The summed E-state index contributed by atoms with van der Waals surface area (Å²) in [6, 6.07) is 18.6. The van der Waals surface area contributed by atoms with E-state index >= 15 is 0 Å². The van der Waals surface area contributed by atoms with Gasteiger partial charge in [0.1, 0.15) is 7.11 Å². The van der Waals surface area contributed by atoms with Crippen LogP contribution in [-0.2, 0) is 0 Å². The van der Waals surface area contributed by atoms with E-state index in [-0.39, 0.29) is 0 Å². The number of para-hydroxylation sites is 1. The first-order chi connectivity index (χ1) is 10.3. The molecule has 4 aromatic rings. The number of aromatic amines is 1. The molecule has 0 saturated heterocycles. The van der Waals surface area contributed by atoms with Crippen LogP contribution in [0.15, 0.2) is 67.0 Å². The van der Waals surface area contributed by atoms with Crippen molar-refractivity contribution in [2.45, 2.75) is 6.92 Å². The zero-order valence-corrected chi connectivity index (χ0v) is 12.2.